The zero-order valence-electron chi connectivity index (χ0n) is 13.9. The summed E-state index contributed by atoms with van der Waals surface area (Å²) in [5.74, 6) is 0. The zero-order valence-corrected chi connectivity index (χ0v) is 13.9. The summed E-state index contributed by atoms with van der Waals surface area (Å²) >= 11 is 0. The highest BCUT2D eigenvalue weighted by atomic mass is 16.5. The molecule has 21 heavy (non-hydrogen) atoms. The van der Waals surface area contributed by atoms with E-state index in [2.05, 4.69) is 18.9 Å². The molecule has 0 saturated carbocycles. The minimum absolute atomic E-state index is 0.589. The average Bonchev–Trinajstić information content (AvgIpc) is 2.51. The van der Waals surface area contributed by atoms with E-state index in [1.807, 2.05) is 0 Å². The van der Waals surface area contributed by atoms with Crippen LogP contribution in [0.25, 0.3) is 0 Å². The van der Waals surface area contributed by atoms with Crippen molar-refractivity contribution < 1.29 is 19.0 Å². The molecule has 0 bridgehead atoms. The lowest BCUT2D eigenvalue weighted by Gasteiger charge is -2.13. The van der Waals surface area contributed by atoms with E-state index in [1.54, 1.807) is 11.9 Å². The SMILES string of the molecule is CCN(C)CCCOCCOCCOCCCN(C)C=O. The molecule has 0 aromatic rings. The van der Waals surface area contributed by atoms with E-state index in [9.17, 15) is 4.79 Å². The summed E-state index contributed by atoms with van der Waals surface area (Å²) < 4.78 is 16.3. The quantitative estimate of drug-likeness (QED) is 0.313. The first kappa shape index (κ1) is 20.3. The first-order chi connectivity index (χ1) is 10.2. The van der Waals surface area contributed by atoms with E-state index in [0.717, 1.165) is 45.5 Å². The number of rotatable bonds is 16. The Morgan fingerprint density at radius 1 is 0.810 bits per heavy atom. The van der Waals surface area contributed by atoms with E-state index in [1.165, 1.54) is 0 Å². The van der Waals surface area contributed by atoms with Crippen LogP contribution < -0.4 is 0 Å². The number of carbonyl (C=O) groups is 1. The monoisotopic (exact) mass is 304 g/mol. The molecule has 0 atom stereocenters. The summed E-state index contributed by atoms with van der Waals surface area (Å²) in [5.41, 5.74) is 0. The molecule has 0 unspecified atom stereocenters. The van der Waals surface area contributed by atoms with Crippen LogP contribution in [0.5, 0.6) is 0 Å². The molecule has 0 rings (SSSR count). The largest absolute Gasteiger partial charge is 0.379 e. The van der Waals surface area contributed by atoms with Crippen molar-refractivity contribution in [2.75, 3.05) is 73.4 Å². The van der Waals surface area contributed by atoms with Gasteiger partial charge in [0.1, 0.15) is 0 Å². The number of nitrogens with zero attached hydrogens (tertiary/aromatic N) is 2. The van der Waals surface area contributed by atoms with Gasteiger partial charge in [-0.1, -0.05) is 6.92 Å². The Balaban J connectivity index is 3.04. The molecule has 0 N–H and O–H groups in total. The first-order valence-corrected chi connectivity index (χ1v) is 7.78. The maximum absolute atomic E-state index is 10.3. The lowest BCUT2D eigenvalue weighted by atomic mass is 10.4. The maximum atomic E-state index is 10.3. The Labute approximate surface area is 129 Å². The molecule has 0 heterocycles. The van der Waals surface area contributed by atoms with Gasteiger partial charge in [0, 0.05) is 33.4 Å². The van der Waals surface area contributed by atoms with Gasteiger partial charge in [-0.3, -0.25) is 4.79 Å². The Hall–Kier alpha value is -0.690. The molecule has 0 aliphatic carbocycles. The highest BCUT2D eigenvalue weighted by molar-refractivity contribution is 5.46. The van der Waals surface area contributed by atoms with Gasteiger partial charge in [-0.2, -0.15) is 0 Å². The Bertz CT molecular complexity index is 230. The standard InChI is InChI=1S/C15H32N2O4/c1-4-16(2)7-5-9-19-11-13-21-14-12-20-10-6-8-17(3)15-18/h15H,4-14H2,1-3H3. The number of amides is 1. The van der Waals surface area contributed by atoms with Crippen LogP contribution in [0.1, 0.15) is 19.8 Å². The van der Waals surface area contributed by atoms with Gasteiger partial charge in [-0.05, 0) is 26.4 Å². The molecule has 6 nitrogen and oxygen atoms in total. The third-order valence-corrected chi connectivity index (χ3v) is 3.09. The molecule has 1 amide bonds. The van der Waals surface area contributed by atoms with Gasteiger partial charge >= 0.3 is 0 Å². The van der Waals surface area contributed by atoms with E-state index in [0.29, 0.717) is 33.0 Å². The number of carbonyl (C=O) groups excluding carboxylic acids is 1. The smallest absolute Gasteiger partial charge is 0.209 e. The Morgan fingerprint density at radius 2 is 1.29 bits per heavy atom. The third-order valence-electron chi connectivity index (χ3n) is 3.09. The van der Waals surface area contributed by atoms with Crippen molar-refractivity contribution in [2.24, 2.45) is 0 Å². The lowest BCUT2D eigenvalue weighted by Crippen LogP contribution is -2.20. The number of hydrogen-bond donors (Lipinski definition) is 0. The van der Waals surface area contributed by atoms with Gasteiger partial charge in [0.15, 0.2) is 0 Å². The van der Waals surface area contributed by atoms with Crippen LogP contribution in [-0.2, 0) is 19.0 Å². The van der Waals surface area contributed by atoms with E-state index < -0.39 is 0 Å². The second kappa shape index (κ2) is 15.7. The fraction of sp³-hybridized carbons (Fsp3) is 0.933. The van der Waals surface area contributed by atoms with Crippen LogP contribution >= 0.6 is 0 Å². The molecule has 0 aromatic carbocycles. The highest BCUT2D eigenvalue weighted by Gasteiger charge is 1.96. The van der Waals surface area contributed by atoms with Crippen LogP contribution in [-0.4, -0.2) is 89.6 Å². The van der Waals surface area contributed by atoms with Gasteiger partial charge < -0.3 is 24.0 Å². The van der Waals surface area contributed by atoms with Gasteiger partial charge in [-0.15, -0.1) is 0 Å². The summed E-state index contributed by atoms with van der Waals surface area (Å²) in [6.45, 7) is 8.90. The maximum Gasteiger partial charge on any atom is 0.209 e. The van der Waals surface area contributed by atoms with Crippen molar-refractivity contribution in [3.8, 4) is 0 Å². The van der Waals surface area contributed by atoms with Crippen LogP contribution in [0, 0.1) is 0 Å². The van der Waals surface area contributed by atoms with Gasteiger partial charge in [-0.25, -0.2) is 0 Å². The zero-order chi connectivity index (χ0) is 15.8. The molecular weight excluding hydrogens is 272 g/mol. The van der Waals surface area contributed by atoms with Crippen molar-refractivity contribution in [3.05, 3.63) is 0 Å². The molecule has 0 aliphatic rings. The summed E-state index contributed by atoms with van der Waals surface area (Å²) in [4.78, 5) is 14.2. The predicted octanol–water partition coefficient (Wildman–Crippen LogP) is 0.856. The first-order valence-electron chi connectivity index (χ1n) is 7.78. The Kier molecular flexibility index (Phi) is 15.2. The van der Waals surface area contributed by atoms with Gasteiger partial charge in [0.05, 0.1) is 26.4 Å². The topological polar surface area (TPSA) is 51.2 Å². The van der Waals surface area contributed by atoms with E-state index >= 15 is 0 Å². The average molecular weight is 304 g/mol. The van der Waals surface area contributed by atoms with Crippen LogP contribution in [0.2, 0.25) is 0 Å². The van der Waals surface area contributed by atoms with Crippen LogP contribution in [0.4, 0.5) is 0 Å². The molecule has 0 saturated heterocycles. The summed E-state index contributed by atoms with van der Waals surface area (Å²) in [7, 11) is 3.87. The third kappa shape index (κ3) is 15.5. The van der Waals surface area contributed by atoms with E-state index in [4.69, 9.17) is 14.2 Å². The fourth-order valence-electron chi connectivity index (χ4n) is 1.61. The van der Waals surface area contributed by atoms with Crippen LogP contribution in [0.15, 0.2) is 0 Å². The minimum atomic E-state index is 0.589. The predicted molar refractivity (Wildman–Crippen MR) is 83.6 cm³/mol. The summed E-state index contributed by atoms with van der Waals surface area (Å²) in [6.07, 6.45) is 2.73. The second-order valence-electron chi connectivity index (χ2n) is 5.03. The molecule has 6 heteroatoms. The summed E-state index contributed by atoms with van der Waals surface area (Å²) in [5, 5.41) is 0. The molecule has 0 fully saturated rings. The van der Waals surface area contributed by atoms with Crippen molar-refractivity contribution >= 4 is 6.41 Å². The number of ether oxygens (including phenoxy) is 3. The van der Waals surface area contributed by atoms with Crippen molar-refractivity contribution in [1.82, 2.24) is 9.80 Å². The number of hydrogen-bond acceptors (Lipinski definition) is 5. The van der Waals surface area contributed by atoms with E-state index in [-0.39, 0.29) is 0 Å². The fourth-order valence-corrected chi connectivity index (χ4v) is 1.61. The van der Waals surface area contributed by atoms with Crippen molar-refractivity contribution in [2.45, 2.75) is 19.8 Å². The van der Waals surface area contributed by atoms with Gasteiger partial charge in [0.25, 0.3) is 0 Å². The molecule has 0 aliphatic heterocycles. The van der Waals surface area contributed by atoms with Crippen molar-refractivity contribution in [1.29, 1.82) is 0 Å². The minimum Gasteiger partial charge on any atom is -0.379 e. The van der Waals surface area contributed by atoms with Crippen LogP contribution in [0.3, 0.4) is 0 Å². The van der Waals surface area contributed by atoms with Crippen molar-refractivity contribution in [3.63, 3.8) is 0 Å². The molecule has 126 valence electrons. The second-order valence-corrected chi connectivity index (χ2v) is 5.03. The Morgan fingerprint density at radius 3 is 1.76 bits per heavy atom. The molecule has 0 spiro atoms. The van der Waals surface area contributed by atoms with Gasteiger partial charge in [0.2, 0.25) is 6.41 Å². The lowest BCUT2D eigenvalue weighted by molar-refractivity contribution is -0.117. The summed E-state index contributed by atoms with van der Waals surface area (Å²) in [6, 6.07) is 0. The highest BCUT2D eigenvalue weighted by Crippen LogP contribution is 1.89. The molecule has 0 aromatic heterocycles. The molecular formula is C15H32N2O4. The normalized spacial score (nSPS) is 11.0. The molecule has 0 radical (unpaired) electrons.